The Kier molecular flexibility index (Phi) is 5.91. The summed E-state index contributed by atoms with van der Waals surface area (Å²) in [7, 11) is 0. The number of anilines is 1. The van der Waals surface area contributed by atoms with Gasteiger partial charge in [0, 0.05) is 16.0 Å². The normalized spacial score (nSPS) is 11.0. The smallest absolute Gasteiger partial charge is 0.260 e. The molecule has 0 radical (unpaired) electrons. The highest BCUT2D eigenvalue weighted by atomic mass is 35.5. The van der Waals surface area contributed by atoms with Crippen molar-refractivity contribution in [3.63, 3.8) is 0 Å². The number of carbonyl (C=O) groups excluding carboxylic acids is 1. The third-order valence-corrected chi connectivity index (χ3v) is 6.35. The Labute approximate surface area is 184 Å². The maximum absolute atomic E-state index is 12.6. The van der Waals surface area contributed by atoms with Gasteiger partial charge in [0.05, 0.1) is 21.8 Å². The van der Waals surface area contributed by atoms with Crippen LogP contribution in [-0.2, 0) is 4.79 Å². The van der Waals surface area contributed by atoms with Gasteiger partial charge in [-0.15, -0.1) is 11.3 Å². The second-order valence-electron chi connectivity index (χ2n) is 6.03. The molecule has 0 aliphatic rings. The topological polar surface area (TPSA) is 74.8 Å². The number of aromatic nitrogens is 2. The van der Waals surface area contributed by atoms with Gasteiger partial charge in [-0.1, -0.05) is 65.3 Å². The number of hydrogen-bond acceptors (Lipinski definition) is 5. The van der Waals surface area contributed by atoms with Crippen molar-refractivity contribution in [2.75, 3.05) is 11.1 Å². The van der Waals surface area contributed by atoms with E-state index >= 15 is 0 Å². The highest BCUT2D eigenvalue weighted by Crippen LogP contribution is 2.31. The first-order valence-electron chi connectivity index (χ1n) is 8.46. The fraction of sp³-hybridized carbons (Fsp3) is 0.0500. The number of nitrogens with one attached hydrogen (secondary N) is 2. The largest absolute Gasteiger partial charge is 0.324 e. The van der Waals surface area contributed by atoms with E-state index in [1.54, 1.807) is 18.2 Å². The van der Waals surface area contributed by atoms with Crippen LogP contribution in [0.4, 0.5) is 5.69 Å². The number of carbonyl (C=O) groups is 1. The molecule has 0 saturated heterocycles. The number of rotatable bonds is 5. The lowest BCUT2D eigenvalue weighted by Gasteiger charge is -2.07. The number of amides is 1. The molecule has 29 heavy (non-hydrogen) atoms. The molecule has 4 aromatic rings. The van der Waals surface area contributed by atoms with Gasteiger partial charge in [-0.3, -0.25) is 9.59 Å². The van der Waals surface area contributed by atoms with Crippen LogP contribution in [0, 0.1) is 0 Å². The number of aromatic amines is 1. The van der Waals surface area contributed by atoms with E-state index in [4.69, 9.17) is 23.2 Å². The number of thiophene rings is 1. The Morgan fingerprint density at radius 3 is 2.72 bits per heavy atom. The van der Waals surface area contributed by atoms with Gasteiger partial charge in [0.2, 0.25) is 5.91 Å². The summed E-state index contributed by atoms with van der Waals surface area (Å²) in [6.45, 7) is 0. The molecule has 2 N–H and O–H groups in total. The molecule has 0 bridgehead atoms. The maximum atomic E-state index is 12.6. The molecule has 0 saturated carbocycles. The van der Waals surface area contributed by atoms with Crippen LogP contribution in [0.25, 0.3) is 21.3 Å². The molecular weight excluding hydrogens is 449 g/mol. The zero-order chi connectivity index (χ0) is 20.4. The van der Waals surface area contributed by atoms with E-state index in [0.29, 0.717) is 31.1 Å². The first-order chi connectivity index (χ1) is 14.0. The average molecular weight is 462 g/mol. The third kappa shape index (κ3) is 4.48. The zero-order valence-electron chi connectivity index (χ0n) is 14.7. The van der Waals surface area contributed by atoms with Crippen molar-refractivity contribution < 1.29 is 4.79 Å². The molecule has 5 nitrogen and oxygen atoms in total. The van der Waals surface area contributed by atoms with Crippen LogP contribution in [0.1, 0.15) is 0 Å². The summed E-state index contributed by atoms with van der Waals surface area (Å²) in [5, 5.41) is 6.43. The lowest BCUT2D eigenvalue weighted by Crippen LogP contribution is -2.15. The van der Waals surface area contributed by atoms with Crippen molar-refractivity contribution in [2.45, 2.75) is 5.16 Å². The summed E-state index contributed by atoms with van der Waals surface area (Å²) in [6, 6.07) is 14.5. The Morgan fingerprint density at radius 2 is 1.97 bits per heavy atom. The number of nitrogens with zero attached hydrogens (tertiary/aromatic N) is 1. The monoisotopic (exact) mass is 461 g/mol. The van der Waals surface area contributed by atoms with E-state index in [9.17, 15) is 9.59 Å². The lowest BCUT2D eigenvalue weighted by atomic mass is 10.1. The van der Waals surface area contributed by atoms with Gasteiger partial charge in [0.15, 0.2) is 5.16 Å². The molecule has 0 aliphatic heterocycles. The Morgan fingerprint density at radius 1 is 1.17 bits per heavy atom. The molecule has 0 fully saturated rings. The highest BCUT2D eigenvalue weighted by Gasteiger charge is 2.14. The molecule has 9 heteroatoms. The number of halogens is 2. The molecule has 0 unspecified atom stereocenters. The van der Waals surface area contributed by atoms with Gasteiger partial charge in [0.1, 0.15) is 4.83 Å². The summed E-state index contributed by atoms with van der Waals surface area (Å²) in [5.41, 5.74) is 2.07. The molecular formula is C20H13Cl2N3O2S2. The van der Waals surface area contributed by atoms with Crippen molar-refractivity contribution >= 4 is 68.1 Å². The summed E-state index contributed by atoms with van der Waals surface area (Å²) >= 11 is 14.5. The quantitative estimate of drug-likeness (QED) is 0.295. The number of fused-ring (bicyclic) bond motifs is 1. The van der Waals surface area contributed by atoms with Crippen molar-refractivity contribution in [3.8, 4) is 11.1 Å². The van der Waals surface area contributed by atoms with E-state index < -0.39 is 0 Å². The van der Waals surface area contributed by atoms with Crippen LogP contribution in [0.3, 0.4) is 0 Å². The van der Waals surface area contributed by atoms with Gasteiger partial charge in [0.25, 0.3) is 5.56 Å². The molecule has 0 atom stereocenters. The minimum Gasteiger partial charge on any atom is -0.324 e. The fourth-order valence-corrected chi connectivity index (χ4v) is 4.86. The van der Waals surface area contributed by atoms with Crippen LogP contribution in [-0.4, -0.2) is 21.6 Å². The first kappa shape index (κ1) is 20.0. The lowest BCUT2D eigenvalue weighted by molar-refractivity contribution is -0.113. The summed E-state index contributed by atoms with van der Waals surface area (Å²) in [5.74, 6) is -0.192. The van der Waals surface area contributed by atoms with Gasteiger partial charge in [-0.2, -0.15) is 0 Å². The second kappa shape index (κ2) is 8.59. The molecule has 1 amide bonds. The SMILES string of the molecule is O=C(CSc1nc2scc(-c3ccccc3)c2c(=O)[nH]1)Nc1ccc(Cl)cc1Cl. The van der Waals surface area contributed by atoms with Crippen molar-refractivity contribution in [3.05, 3.63) is 74.3 Å². The van der Waals surface area contributed by atoms with E-state index in [0.717, 1.165) is 22.9 Å². The van der Waals surface area contributed by atoms with Crippen LogP contribution < -0.4 is 10.9 Å². The minimum absolute atomic E-state index is 0.0737. The molecule has 2 heterocycles. The summed E-state index contributed by atoms with van der Waals surface area (Å²) in [4.78, 5) is 32.7. The van der Waals surface area contributed by atoms with Crippen LogP contribution in [0.15, 0.2) is 63.9 Å². The molecule has 4 rings (SSSR count). The van der Waals surface area contributed by atoms with Gasteiger partial charge < -0.3 is 10.3 Å². The Bertz CT molecular complexity index is 1260. The van der Waals surface area contributed by atoms with Gasteiger partial charge >= 0.3 is 0 Å². The molecule has 2 aromatic carbocycles. The van der Waals surface area contributed by atoms with Gasteiger partial charge in [-0.25, -0.2) is 4.98 Å². The van der Waals surface area contributed by atoms with Gasteiger partial charge in [-0.05, 0) is 23.8 Å². The minimum atomic E-state index is -0.266. The molecule has 0 spiro atoms. The maximum Gasteiger partial charge on any atom is 0.260 e. The van der Waals surface area contributed by atoms with Crippen LogP contribution in [0.2, 0.25) is 10.0 Å². The van der Waals surface area contributed by atoms with Crippen LogP contribution >= 0.6 is 46.3 Å². The van der Waals surface area contributed by atoms with Crippen molar-refractivity contribution in [2.24, 2.45) is 0 Å². The number of hydrogen-bond donors (Lipinski definition) is 2. The third-order valence-electron chi connectivity index (χ3n) is 4.05. The first-order valence-corrected chi connectivity index (χ1v) is 11.1. The van der Waals surface area contributed by atoms with E-state index in [-0.39, 0.29) is 17.2 Å². The standard InChI is InChI=1S/C20H13Cl2N3O2S2/c21-12-6-7-15(14(22)8-12)23-16(26)10-29-20-24-18(27)17-13(9-28-19(17)25-20)11-4-2-1-3-5-11/h1-9H,10H2,(H,23,26)(H,24,25,27). The zero-order valence-corrected chi connectivity index (χ0v) is 17.9. The summed E-state index contributed by atoms with van der Waals surface area (Å²) < 4.78 is 0. The molecule has 0 aliphatic carbocycles. The Balaban J connectivity index is 1.50. The van der Waals surface area contributed by atoms with E-state index in [1.807, 2.05) is 35.7 Å². The number of H-pyrrole nitrogens is 1. The predicted octanol–water partition coefficient (Wildman–Crippen LogP) is 5.69. The highest BCUT2D eigenvalue weighted by molar-refractivity contribution is 7.99. The van der Waals surface area contributed by atoms with Crippen molar-refractivity contribution in [1.29, 1.82) is 0 Å². The Hall–Kier alpha value is -2.32. The molecule has 146 valence electrons. The fourth-order valence-electron chi connectivity index (χ4n) is 2.74. The van der Waals surface area contributed by atoms with E-state index in [2.05, 4.69) is 15.3 Å². The van der Waals surface area contributed by atoms with Crippen molar-refractivity contribution in [1.82, 2.24) is 9.97 Å². The van der Waals surface area contributed by atoms with E-state index in [1.165, 1.54) is 11.3 Å². The predicted molar refractivity (Wildman–Crippen MR) is 121 cm³/mol. The number of benzene rings is 2. The molecule has 2 aromatic heterocycles. The second-order valence-corrected chi connectivity index (χ2v) is 8.69. The average Bonchev–Trinajstić information content (AvgIpc) is 3.14. The van der Waals surface area contributed by atoms with Crippen LogP contribution in [0.5, 0.6) is 0 Å². The summed E-state index contributed by atoms with van der Waals surface area (Å²) in [6.07, 6.45) is 0. The number of thioether (sulfide) groups is 1.